The minimum absolute atomic E-state index is 0.0401. The quantitative estimate of drug-likeness (QED) is 0.581. The molecule has 10 heteroatoms. The number of hydrogen-bond donors (Lipinski definition) is 0. The summed E-state index contributed by atoms with van der Waals surface area (Å²) in [5, 5.41) is 2.57. The summed E-state index contributed by atoms with van der Waals surface area (Å²) in [5.41, 5.74) is -1.72. The predicted molar refractivity (Wildman–Crippen MR) is 115 cm³/mol. The van der Waals surface area contributed by atoms with Crippen molar-refractivity contribution in [2.24, 2.45) is 0 Å². The number of alkyl halides is 3. The van der Waals surface area contributed by atoms with Gasteiger partial charge < -0.3 is 4.90 Å². The van der Waals surface area contributed by atoms with Gasteiger partial charge in [0.05, 0.1) is 17.0 Å². The van der Waals surface area contributed by atoms with Crippen molar-refractivity contribution >= 4 is 29.1 Å². The summed E-state index contributed by atoms with van der Waals surface area (Å²) in [6.07, 6.45) is -3.99. The lowest BCUT2D eigenvalue weighted by molar-refractivity contribution is -0.143. The highest BCUT2D eigenvalue weighted by Gasteiger charge is 2.57. The van der Waals surface area contributed by atoms with Crippen molar-refractivity contribution in [2.75, 3.05) is 7.05 Å². The number of rotatable bonds is 6. The van der Waals surface area contributed by atoms with E-state index >= 15 is 0 Å². The molecule has 1 aromatic carbocycles. The van der Waals surface area contributed by atoms with Gasteiger partial charge in [-0.2, -0.15) is 13.2 Å². The van der Waals surface area contributed by atoms with E-state index in [-0.39, 0.29) is 24.1 Å². The first-order chi connectivity index (χ1) is 15.4. The van der Waals surface area contributed by atoms with Crippen LogP contribution < -0.4 is 0 Å². The van der Waals surface area contributed by atoms with Crippen molar-refractivity contribution in [1.29, 1.82) is 0 Å². The number of halogens is 3. The first kappa shape index (κ1) is 23.4. The highest BCUT2D eigenvalue weighted by atomic mass is 32.1. The SMILES string of the molecule is Cc1csc([C@H](C)N(C)C(=O)C[C@@]2(c3cccc(C(F)(F)F)c3)CC(=O)N(C3CC3)C2=O)n1. The number of nitrogens with zero attached hydrogens (tertiary/aromatic N) is 3. The van der Waals surface area contributed by atoms with Gasteiger partial charge in [-0.15, -0.1) is 11.3 Å². The van der Waals surface area contributed by atoms with Gasteiger partial charge in [-0.3, -0.25) is 19.3 Å². The van der Waals surface area contributed by atoms with Gasteiger partial charge in [0.15, 0.2) is 0 Å². The van der Waals surface area contributed by atoms with Gasteiger partial charge in [0.2, 0.25) is 17.7 Å². The predicted octanol–water partition coefficient (Wildman–Crippen LogP) is 4.24. The molecule has 33 heavy (non-hydrogen) atoms. The van der Waals surface area contributed by atoms with E-state index in [2.05, 4.69) is 4.98 Å². The summed E-state index contributed by atoms with van der Waals surface area (Å²) in [4.78, 5) is 46.6. The third-order valence-corrected chi connectivity index (χ3v) is 7.56. The van der Waals surface area contributed by atoms with E-state index in [0.29, 0.717) is 17.8 Å². The van der Waals surface area contributed by atoms with Crippen LogP contribution in [0.2, 0.25) is 0 Å². The molecule has 2 aromatic rings. The van der Waals surface area contributed by atoms with Crippen LogP contribution in [0.15, 0.2) is 29.6 Å². The lowest BCUT2D eigenvalue weighted by Gasteiger charge is -2.31. The molecular formula is C23H24F3N3O3S. The maximum Gasteiger partial charge on any atom is 0.416 e. The van der Waals surface area contributed by atoms with E-state index in [1.165, 1.54) is 28.4 Å². The van der Waals surface area contributed by atoms with Crippen LogP contribution in [0.1, 0.15) is 60.5 Å². The minimum Gasteiger partial charge on any atom is -0.337 e. The van der Waals surface area contributed by atoms with E-state index in [9.17, 15) is 27.6 Å². The van der Waals surface area contributed by atoms with Gasteiger partial charge in [-0.05, 0) is 38.3 Å². The van der Waals surface area contributed by atoms with Crippen LogP contribution in [0.5, 0.6) is 0 Å². The fourth-order valence-electron chi connectivity index (χ4n) is 4.25. The average Bonchev–Trinajstić information content (AvgIpc) is 3.44. The first-order valence-electron chi connectivity index (χ1n) is 10.7. The largest absolute Gasteiger partial charge is 0.416 e. The highest BCUT2D eigenvalue weighted by molar-refractivity contribution is 7.09. The van der Waals surface area contributed by atoms with Gasteiger partial charge in [-0.1, -0.05) is 18.2 Å². The van der Waals surface area contributed by atoms with E-state index in [1.54, 1.807) is 14.0 Å². The molecule has 176 valence electrons. The number of carbonyl (C=O) groups is 3. The lowest BCUT2D eigenvalue weighted by atomic mass is 9.75. The van der Waals surface area contributed by atoms with Gasteiger partial charge in [0, 0.05) is 37.0 Å². The Morgan fingerprint density at radius 2 is 2.03 bits per heavy atom. The third-order valence-electron chi connectivity index (χ3n) is 6.43. The van der Waals surface area contributed by atoms with Crippen LogP contribution in [0, 0.1) is 6.92 Å². The number of likely N-dealkylation sites (tertiary alicyclic amines) is 1. The smallest absolute Gasteiger partial charge is 0.337 e. The summed E-state index contributed by atoms with van der Waals surface area (Å²) < 4.78 is 40.2. The Balaban J connectivity index is 1.70. The van der Waals surface area contributed by atoms with E-state index in [0.717, 1.165) is 22.7 Å². The summed E-state index contributed by atoms with van der Waals surface area (Å²) in [6.45, 7) is 3.64. The Kier molecular flexibility index (Phi) is 5.84. The summed E-state index contributed by atoms with van der Waals surface area (Å²) in [5.74, 6) is -1.47. The molecule has 0 spiro atoms. The van der Waals surface area contributed by atoms with Crippen LogP contribution in [0.25, 0.3) is 0 Å². The molecule has 1 saturated carbocycles. The Hall–Kier alpha value is -2.75. The van der Waals surface area contributed by atoms with Crippen molar-refractivity contribution < 1.29 is 27.6 Å². The number of carbonyl (C=O) groups excluding carboxylic acids is 3. The fraction of sp³-hybridized carbons (Fsp3) is 0.478. The molecule has 2 heterocycles. The van der Waals surface area contributed by atoms with Crippen LogP contribution in [0.3, 0.4) is 0 Å². The number of hydrogen-bond acceptors (Lipinski definition) is 5. The molecule has 1 aromatic heterocycles. The zero-order valence-electron chi connectivity index (χ0n) is 18.5. The maximum atomic E-state index is 13.5. The molecule has 6 nitrogen and oxygen atoms in total. The standard InChI is InChI=1S/C23H24F3N3O3S/c1-13-12-33-20(27-13)14(2)28(3)18(30)10-22(11-19(31)29(21(22)32)17-7-8-17)15-5-4-6-16(9-15)23(24,25)26/h4-6,9,12,14,17H,7-8,10-11H2,1-3H3/t14-,22-/m0/s1. The van der Waals surface area contributed by atoms with Gasteiger partial charge in [0.25, 0.3) is 0 Å². The van der Waals surface area contributed by atoms with Gasteiger partial charge in [-0.25, -0.2) is 4.98 Å². The Labute approximate surface area is 193 Å². The third kappa shape index (κ3) is 4.28. The molecular weight excluding hydrogens is 455 g/mol. The number of amides is 3. The number of imide groups is 1. The molecule has 0 unspecified atom stereocenters. The number of thiazole rings is 1. The molecule has 0 radical (unpaired) electrons. The summed E-state index contributed by atoms with van der Waals surface area (Å²) >= 11 is 1.40. The number of aromatic nitrogens is 1. The van der Waals surface area contributed by atoms with Gasteiger partial charge >= 0.3 is 6.18 Å². The van der Waals surface area contributed by atoms with E-state index in [4.69, 9.17) is 0 Å². The highest BCUT2D eigenvalue weighted by Crippen LogP contribution is 2.45. The maximum absolute atomic E-state index is 13.5. The Bertz CT molecular complexity index is 1110. The monoisotopic (exact) mass is 479 g/mol. The van der Waals surface area contributed by atoms with Crippen LogP contribution in [0.4, 0.5) is 13.2 Å². The molecule has 0 bridgehead atoms. The van der Waals surface area contributed by atoms with Crippen LogP contribution in [-0.2, 0) is 26.0 Å². The van der Waals surface area contributed by atoms with Crippen LogP contribution in [-0.4, -0.2) is 45.6 Å². The second-order valence-electron chi connectivity index (χ2n) is 8.82. The van der Waals surface area contributed by atoms with E-state index in [1.807, 2.05) is 12.3 Å². The lowest BCUT2D eigenvalue weighted by Crippen LogP contribution is -2.43. The van der Waals surface area contributed by atoms with Crippen molar-refractivity contribution in [3.8, 4) is 0 Å². The Morgan fingerprint density at radius 3 is 2.61 bits per heavy atom. The fourth-order valence-corrected chi connectivity index (χ4v) is 5.15. The van der Waals surface area contributed by atoms with E-state index < -0.39 is 41.3 Å². The minimum atomic E-state index is -4.61. The second-order valence-corrected chi connectivity index (χ2v) is 9.71. The summed E-state index contributed by atoms with van der Waals surface area (Å²) in [6, 6.07) is 3.80. The van der Waals surface area contributed by atoms with Crippen molar-refractivity contribution in [3.05, 3.63) is 51.5 Å². The molecule has 2 atom stereocenters. The normalized spacial score (nSPS) is 22.1. The molecule has 2 fully saturated rings. The zero-order chi connectivity index (χ0) is 24.1. The molecule has 4 rings (SSSR count). The first-order valence-corrected chi connectivity index (χ1v) is 11.5. The zero-order valence-corrected chi connectivity index (χ0v) is 19.3. The molecule has 1 aliphatic heterocycles. The second kappa shape index (κ2) is 8.23. The van der Waals surface area contributed by atoms with Crippen molar-refractivity contribution in [2.45, 2.75) is 63.2 Å². The van der Waals surface area contributed by atoms with Crippen LogP contribution >= 0.6 is 11.3 Å². The summed E-state index contributed by atoms with van der Waals surface area (Å²) in [7, 11) is 1.57. The average molecular weight is 480 g/mol. The molecule has 1 aliphatic carbocycles. The van der Waals surface area contributed by atoms with Crippen molar-refractivity contribution in [3.63, 3.8) is 0 Å². The van der Waals surface area contributed by atoms with Gasteiger partial charge in [0.1, 0.15) is 5.01 Å². The molecule has 3 amide bonds. The number of benzene rings is 1. The molecule has 0 N–H and O–H groups in total. The van der Waals surface area contributed by atoms with Crippen molar-refractivity contribution in [1.82, 2.24) is 14.8 Å². The molecule has 1 saturated heterocycles. The number of aryl methyl sites for hydroxylation is 1. The Morgan fingerprint density at radius 1 is 1.33 bits per heavy atom. The topological polar surface area (TPSA) is 70.6 Å². The molecule has 2 aliphatic rings.